The smallest absolute Gasteiger partial charge is 0.265 e. The number of hydrogen-bond donors (Lipinski definition) is 3. The maximum atomic E-state index is 10.3. The first-order valence-corrected chi connectivity index (χ1v) is 7.14. The van der Waals surface area contributed by atoms with Crippen LogP contribution in [0.3, 0.4) is 0 Å². The van der Waals surface area contributed by atoms with Gasteiger partial charge in [0.15, 0.2) is 0 Å². The van der Waals surface area contributed by atoms with Gasteiger partial charge < -0.3 is 20.9 Å². The highest BCUT2D eigenvalue weighted by atomic mass is 35.5. The number of amides is 1. The van der Waals surface area contributed by atoms with Crippen LogP contribution in [0, 0.1) is 0 Å². The molecule has 1 saturated heterocycles. The number of carbonyl (C=O) groups is 1. The molecule has 0 saturated carbocycles. The van der Waals surface area contributed by atoms with Gasteiger partial charge in [-0.05, 0) is 32.4 Å². The monoisotopic (exact) mass is 298 g/mol. The van der Waals surface area contributed by atoms with Gasteiger partial charge in [0.05, 0.1) is 5.82 Å². The van der Waals surface area contributed by atoms with E-state index in [1.165, 1.54) is 12.5 Å². The Morgan fingerprint density at radius 2 is 2.15 bits per heavy atom. The third-order valence-electron chi connectivity index (χ3n) is 3.39. The fourth-order valence-electron chi connectivity index (χ4n) is 2.42. The number of nitrogens with two attached hydrogens (primary N) is 1. The summed E-state index contributed by atoms with van der Waals surface area (Å²) in [5, 5.41) is 3.77. The van der Waals surface area contributed by atoms with Crippen LogP contribution in [-0.2, 0) is 0 Å². The Morgan fingerprint density at radius 3 is 2.45 bits per heavy atom. The molecule has 4 N–H and O–H groups in total. The number of aromatic amines is 1. The highest BCUT2D eigenvalue weighted by Crippen LogP contribution is 2.20. The number of halogens is 1. The fourth-order valence-corrected chi connectivity index (χ4v) is 2.59. The van der Waals surface area contributed by atoms with Gasteiger partial charge >= 0.3 is 0 Å². The van der Waals surface area contributed by atoms with Gasteiger partial charge in [0.2, 0.25) is 0 Å². The molecule has 0 aromatic carbocycles. The molecule has 2 heterocycles. The zero-order valence-corrected chi connectivity index (χ0v) is 13.0. The second-order valence-corrected chi connectivity index (χ2v) is 5.13. The first-order chi connectivity index (χ1) is 9.40. The maximum absolute atomic E-state index is 10.3. The largest absolute Gasteiger partial charge is 0.368 e. The molecule has 112 valence electrons. The van der Waals surface area contributed by atoms with Crippen molar-refractivity contribution in [1.82, 2.24) is 15.2 Å². The third-order valence-corrected chi connectivity index (χ3v) is 3.61. The lowest BCUT2D eigenvalue weighted by Crippen LogP contribution is -2.33. The number of primary amides is 1. The van der Waals surface area contributed by atoms with Crippen LogP contribution in [-0.4, -0.2) is 34.4 Å². The average Bonchev–Trinajstić information content (AvgIpc) is 2.93. The predicted molar refractivity (Wildman–Crippen MR) is 82.5 cm³/mol. The van der Waals surface area contributed by atoms with Crippen molar-refractivity contribution < 1.29 is 4.79 Å². The first kappa shape index (κ1) is 16.4. The SMILES string of the molecule is C=C1N[C@@H](C)[C@@H](CC)N1CC.NC(=O)c1ccc(Cl)[nH]1. The first-order valence-electron chi connectivity index (χ1n) is 6.77. The fraction of sp³-hybridized carbons (Fsp3) is 0.500. The summed E-state index contributed by atoms with van der Waals surface area (Å²) < 4.78 is 0. The van der Waals surface area contributed by atoms with Gasteiger partial charge in [-0.3, -0.25) is 4.79 Å². The third kappa shape index (κ3) is 3.93. The molecule has 20 heavy (non-hydrogen) atoms. The van der Waals surface area contributed by atoms with Crippen molar-refractivity contribution in [3.63, 3.8) is 0 Å². The van der Waals surface area contributed by atoms with Crippen LogP contribution in [0.2, 0.25) is 5.15 Å². The minimum atomic E-state index is -0.498. The molecular formula is C14H23ClN4O. The van der Waals surface area contributed by atoms with Crippen molar-refractivity contribution in [1.29, 1.82) is 0 Å². The molecule has 1 amide bonds. The molecule has 2 atom stereocenters. The zero-order chi connectivity index (χ0) is 15.3. The van der Waals surface area contributed by atoms with Gasteiger partial charge in [-0.15, -0.1) is 0 Å². The Bertz CT molecular complexity index is 471. The van der Waals surface area contributed by atoms with E-state index in [2.05, 4.69) is 42.6 Å². The second kappa shape index (κ2) is 7.24. The summed E-state index contributed by atoms with van der Waals surface area (Å²) in [6, 6.07) is 4.31. The molecule has 5 nitrogen and oxygen atoms in total. The van der Waals surface area contributed by atoms with E-state index in [1.54, 1.807) is 6.07 Å². The summed E-state index contributed by atoms with van der Waals surface area (Å²) in [7, 11) is 0. The molecule has 0 aliphatic carbocycles. The Hall–Kier alpha value is -1.62. The minimum Gasteiger partial charge on any atom is -0.368 e. The maximum Gasteiger partial charge on any atom is 0.265 e. The normalized spacial score (nSPS) is 21.2. The lowest BCUT2D eigenvalue weighted by atomic mass is 10.1. The molecule has 2 rings (SSSR count). The van der Waals surface area contributed by atoms with E-state index in [4.69, 9.17) is 17.3 Å². The van der Waals surface area contributed by atoms with Gasteiger partial charge in [0.25, 0.3) is 5.91 Å². The number of H-pyrrole nitrogens is 1. The molecule has 1 fully saturated rings. The Morgan fingerprint density at radius 1 is 1.50 bits per heavy atom. The number of carbonyl (C=O) groups excluding carboxylic acids is 1. The van der Waals surface area contributed by atoms with E-state index in [1.807, 2.05) is 0 Å². The van der Waals surface area contributed by atoms with Crippen molar-refractivity contribution >= 4 is 17.5 Å². The molecular weight excluding hydrogens is 276 g/mol. The van der Waals surface area contributed by atoms with Crippen molar-refractivity contribution in [3.8, 4) is 0 Å². The van der Waals surface area contributed by atoms with Gasteiger partial charge in [-0.1, -0.05) is 25.1 Å². The van der Waals surface area contributed by atoms with Crippen molar-refractivity contribution in [2.45, 2.75) is 39.3 Å². The van der Waals surface area contributed by atoms with Gasteiger partial charge in [0.1, 0.15) is 10.8 Å². The van der Waals surface area contributed by atoms with Crippen LogP contribution in [0.25, 0.3) is 0 Å². The highest BCUT2D eigenvalue weighted by molar-refractivity contribution is 6.29. The molecule has 6 heteroatoms. The number of hydrogen-bond acceptors (Lipinski definition) is 3. The van der Waals surface area contributed by atoms with Crippen LogP contribution in [0.15, 0.2) is 24.5 Å². The van der Waals surface area contributed by atoms with Crippen molar-refractivity contribution in [2.75, 3.05) is 6.54 Å². The molecule has 0 radical (unpaired) electrons. The van der Waals surface area contributed by atoms with Crippen molar-refractivity contribution in [3.05, 3.63) is 35.4 Å². The highest BCUT2D eigenvalue weighted by Gasteiger charge is 2.29. The standard InChI is InChI=1S/C9H18N2.C5H5ClN2O/c1-5-9-7(3)10-8(4)11(9)6-2;6-4-2-1-3(8-4)5(7)9/h7,9-10H,4-6H2,1-3H3;1-2,8H,(H2,7,9)/t7-,9+;/m0./s1. The summed E-state index contributed by atoms with van der Waals surface area (Å²) >= 11 is 5.44. The van der Waals surface area contributed by atoms with Gasteiger partial charge in [-0.2, -0.15) is 0 Å². The Balaban J connectivity index is 0.000000204. The lowest BCUT2D eigenvalue weighted by Gasteiger charge is -2.24. The second-order valence-electron chi connectivity index (χ2n) is 4.73. The van der Waals surface area contributed by atoms with E-state index in [-0.39, 0.29) is 0 Å². The molecule has 1 aliphatic rings. The number of rotatable bonds is 3. The topological polar surface area (TPSA) is 74.2 Å². The summed E-state index contributed by atoms with van der Waals surface area (Å²) in [4.78, 5) is 15.3. The summed E-state index contributed by atoms with van der Waals surface area (Å²) in [6.07, 6.45) is 1.20. The van der Waals surface area contributed by atoms with E-state index >= 15 is 0 Å². The molecule has 0 spiro atoms. The van der Waals surface area contributed by atoms with E-state index in [0.29, 0.717) is 22.9 Å². The number of nitrogens with zero attached hydrogens (tertiary/aromatic N) is 1. The quantitative estimate of drug-likeness (QED) is 0.802. The number of aromatic nitrogens is 1. The predicted octanol–water partition coefficient (Wildman–Crippen LogP) is 2.32. The Kier molecular flexibility index (Phi) is 5.95. The molecule has 1 aromatic rings. The molecule has 1 aliphatic heterocycles. The number of likely N-dealkylation sites (N-methyl/N-ethyl adjacent to an activating group) is 1. The van der Waals surface area contributed by atoms with E-state index in [9.17, 15) is 4.79 Å². The minimum absolute atomic E-state index is 0.333. The van der Waals surface area contributed by atoms with Crippen LogP contribution in [0.4, 0.5) is 0 Å². The molecule has 0 unspecified atom stereocenters. The summed E-state index contributed by atoms with van der Waals surface area (Å²) in [6.45, 7) is 11.7. The summed E-state index contributed by atoms with van der Waals surface area (Å²) in [5.74, 6) is 0.591. The van der Waals surface area contributed by atoms with E-state index < -0.39 is 5.91 Å². The molecule has 1 aromatic heterocycles. The average molecular weight is 299 g/mol. The van der Waals surface area contributed by atoms with Crippen LogP contribution >= 0.6 is 11.6 Å². The zero-order valence-electron chi connectivity index (χ0n) is 12.2. The van der Waals surface area contributed by atoms with Gasteiger partial charge in [0, 0.05) is 18.6 Å². The van der Waals surface area contributed by atoms with Crippen LogP contribution < -0.4 is 11.1 Å². The van der Waals surface area contributed by atoms with Crippen molar-refractivity contribution in [2.24, 2.45) is 5.73 Å². The van der Waals surface area contributed by atoms with Gasteiger partial charge in [-0.25, -0.2) is 0 Å². The van der Waals surface area contributed by atoms with Crippen LogP contribution in [0.5, 0.6) is 0 Å². The van der Waals surface area contributed by atoms with Crippen LogP contribution in [0.1, 0.15) is 37.7 Å². The lowest BCUT2D eigenvalue weighted by molar-refractivity contribution is 0.0996. The Labute approximate surface area is 125 Å². The summed E-state index contributed by atoms with van der Waals surface area (Å²) in [5.41, 5.74) is 5.23. The number of nitrogens with one attached hydrogen (secondary N) is 2. The van der Waals surface area contributed by atoms with E-state index in [0.717, 1.165) is 12.4 Å². The molecule has 0 bridgehead atoms.